The van der Waals surface area contributed by atoms with Gasteiger partial charge in [-0.25, -0.2) is 8.42 Å². The van der Waals surface area contributed by atoms with E-state index in [9.17, 15) is 21.6 Å². The summed E-state index contributed by atoms with van der Waals surface area (Å²) in [5.74, 6) is 0. The van der Waals surface area contributed by atoms with Crippen molar-refractivity contribution in [3.63, 3.8) is 0 Å². The Bertz CT molecular complexity index is 985. The molecule has 0 radical (unpaired) electrons. The Morgan fingerprint density at radius 3 is 1.80 bits per heavy atom. The number of nitrogens with one attached hydrogen (secondary N) is 1. The van der Waals surface area contributed by atoms with Crippen molar-refractivity contribution in [2.45, 2.75) is 69.3 Å². The second-order valence-corrected chi connectivity index (χ2v) is 10.9. The number of aryl methyl sites for hydroxylation is 3. The number of halogens is 3. The number of hydrogen-bond acceptors (Lipinski definition) is 3. The zero-order chi connectivity index (χ0) is 23.1. The highest BCUT2D eigenvalue weighted by Crippen LogP contribution is 2.36. The van der Waals surface area contributed by atoms with Gasteiger partial charge in [-0.05, 0) is 48.4 Å². The highest BCUT2D eigenvalue weighted by Gasteiger charge is 2.47. The van der Waals surface area contributed by atoms with Crippen LogP contribution >= 0.6 is 12.6 Å². The fourth-order valence-corrected chi connectivity index (χ4v) is 5.70. The van der Waals surface area contributed by atoms with Gasteiger partial charge in [0.05, 0.1) is 10.1 Å². The zero-order valence-corrected chi connectivity index (χ0v) is 19.6. The van der Waals surface area contributed by atoms with Gasteiger partial charge in [0.2, 0.25) is 10.0 Å². The monoisotopic (exact) mass is 459 g/mol. The molecule has 30 heavy (non-hydrogen) atoms. The lowest BCUT2D eigenvalue weighted by Crippen LogP contribution is -2.48. The molecule has 0 bridgehead atoms. The van der Waals surface area contributed by atoms with Crippen LogP contribution in [0, 0.1) is 20.8 Å². The summed E-state index contributed by atoms with van der Waals surface area (Å²) in [6.45, 7) is 10.9. The van der Waals surface area contributed by atoms with E-state index in [-0.39, 0.29) is 15.9 Å². The van der Waals surface area contributed by atoms with Gasteiger partial charge in [0.15, 0.2) is 0 Å². The molecule has 8 heteroatoms. The molecule has 2 rings (SSSR count). The van der Waals surface area contributed by atoms with Gasteiger partial charge in [-0.15, -0.1) is 0 Å². The van der Waals surface area contributed by atoms with Crippen molar-refractivity contribution in [1.82, 2.24) is 4.72 Å². The number of rotatable bonds is 5. The summed E-state index contributed by atoms with van der Waals surface area (Å²) < 4.78 is 69.3. The first-order valence-corrected chi connectivity index (χ1v) is 11.5. The molecule has 0 saturated carbocycles. The summed E-state index contributed by atoms with van der Waals surface area (Å²) in [7, 11) is -4.42. The fraction of sp³-hybridized carbons (Fsp3) is 0.455. The molecule has 0 saturated heterocycles. The van der Waals surface area contributed by atoms with E-state index in [2.05, 4.69) is 12.6 Å². The first kappa shape index (κ1) is 24.8. The normalized spacial score (nSPS) is 15.1. The van der Waals surface area contributed by atoms with E-state index in [1.54, 1.807) is 57.2 Å². The molecule has 2 aromatic rings. The van der Waals surface area contributed by atoms with Crippen LogP contribution in [0.3, 0.4) is 0 Å². The van der Waals surface area contributed by atoms with Gasteiger partial charge in [0.1, 0.15) is 6.04 Å². The Morgan fingerprint density at radius 1 is 0.933 bits per heavy atom. The van der Waals surface area contributed by atoms with Crippen LogP contribution in [0.5, 0.6) is 0 Å². The van der Waals surface area contributed by atoms with E-state index in [1.165, 1.54) is 0 Å². The van der Waals surface area contributed by atoms with Crippen LogP contribution in [0.25, 0.3) is 0 Å². The minimum Gasteiger partial charge on any atom is -0.207 e. The van der Waals surface area contributed by atoms with Crippen LogP contribution in [0.2, 0.25) is 0 Å². The smallest absolute Gasteiger partial charge is 0.207 e. The lowest BCUT2D eigenvalue weighted by atomic mass is 9.86. The maximum atomic E-state index is 13.9. The van der Waals surface area contributed by atoms with E-state index in [0.29, 0.717) is 11.1 Å². The van der Waals surface area contributed by atoms with E-state index >= 15 is 0 Å². The van der Waals surface area contributed by atoms with Gasteiger partial charge in [-0.1, -0.05) is 62.7 Å². The van der Waals surface area contributed by atoms with Crippen LogP contribution in [0.1, 0.15) is 53.8 Å². The molecule has 0 aliphatic carbocycles. The first-order valence-electron chi connectivity index (χ1n) is 9.49. The maximum Gasteiger partial charge on any atom is 0.406 e. The van der Waals surface area contributed by atoms with Gasteiger partial charge in [0.25, 0.3) is 0 Å². The number of thiol groups is 1. The lowest BCUT2D eigenvalue weighted by Gasteiger charge is -2.28. The summed E-state index contributed by atoms with van der Waals surface area (Å²) in [4.78, 5) is -0.133. The highest BCUT2D eigenvalue weighted by molar-refractivity contribution is 7.89. The molecular weight excluding hydrogens is 431 g/mol. The van der Waals surface area contributed by atoms with Crippen LogP contribution in [-0.2, 0) is 15.4 Å². The molecular formula is C22H28F3NO2S2. The summed E-state index contributed by atoms with van der Waals surface area (Å²) in [5, 5.41) is -1.40. The van der Waals surface area contributed by atoms with Gasteiger partial charge in [-0.2, -0.15) is 30.5 Å². The first-order chi connectivity index (χ1) is 13.5. The zero-order valence-electron chi connectivity index (χ0n) is 17.9. The molecule has 0 spiro atoms. The molecule has 1 N–H and O–H groups in total. The molecule has 2 aromatic carbocycles. The minimum atomic E-state index is -4.82. The summed E-state index contributed by atoms with van der Waals surface area (Å²) >= 11 is 4.16. The number of hydrogen-bond donors (Lipinski definition) is 2. The van der Waals surface area contributed by atoms with E-state index in [0.717, 1.165) is 11.1 Å². The lowest BCUT2D eigenvalue weighted by molar-refractivity contribution is -0.151. The van der Waals surface area contributed by atoms with Crippen molar-refractivity contribution in [1.29, 1.82) is 0 Å². The molecule has 0 amide bonds. The van der Waals surface area contributed by atoms with Crippen molar-refractivity contribution in [2.75, 3.05) is 0 Å². The maximum absolute atomic E-state index is 13.9. The molecule has 0 aromatic heterocycles. The van der Waals surface area contributed by atoms with Gasteiger partial charge < -0.3 is 0 Å². The topological polar surface area (TPSA) is 46.2 Å². The largest absolute Gasteiger partial charge is 0.406 e. The van der Waals surface area contributed by atoms with Crippen molar-refractivity contribution >= 4 is 22.7 Å². The molecule has 0 aliphatic rings. The SMILES string of the molecule is Cc1cc(C)c(S(=O)(=O)NC(C(S)c2ccc(C(C)(C)C)cc2)C(F)(F)F)c(C)c1. The Balaban J connectivity index is 2.44. The molecule has 3 nitrogen and oxygen atoms in total. The molecule has 2 atom stereocenters. The standard InChI is InChI=1S/C22H28F3NO2S2/c1-13-11-14(2)19(15(3)12-13)30(27,28)26-20(22(23,24)25)18(29)16-7-9-17(10-8-16)21(4,5)6/h7-12,18,20,26,29H,1-6H3. The quantitative estimate of drug-likeness (QED) is 0.556. The average Bonchev–Trinajstić information content (AvgIpc) is 2.56. The van der Waals surface area contributed by atoms with E-state index < -0.39 is 27.5 Å². The van der Waals surface area contributed by atoms with Crippen molar-refractivity contribution < 1.29 is 21.6 Å². The molecule has 0 heterocycles. The Kier molecular flexibility index (Phi) is 7.06. The van der Waals surface area contributed by atoms with Crippen LogP contribution in [-0.4, -0.2) is 20.6 Å². The van der Waals surface area contributed by atoms with Gasteiger partial charge in [-0.3, -0.25) is 0 Å². The molecule has 0 aliphatic heterocycles. The number of benzene rings is 2. The van der Waals surface area contributed by atoms with E-state index in [4.69, 9.17) is 0 Å². The summed E-state index contributed by atoms with van der Waals surface area (Å²) in [5.41, 5.74) is 2.71. The highest BCUT2D eigenvalue weighted by atomic mass is 32.2. The third-order valence-corrected chi connectivity index (χ3v) is 7.28. The van der Waals surface area contributed by atoms with Gasteiger partial charge in [0, 0.05) is 0 Å². The summed E-state index contributed by atoms with van der Waals surface area (Å²) in [6, 6.07) is 7.50. The average molecular weight is 460 g/mol. The van der Waals surface area contributed by atoms with Gasteiger partial charge >= 0.3 is 6.18 Å². The minimum absolute atomic E-state index is 0.133. The van der Waals surface area contributed by atoms with Crippen molar-refractivity contribution in [3.05, 3.63) is 64.2 Å². The molecule has 166 valence electrons. The Labute approximate surface area is 182 Å². The predicted molar refractivity (Wildman–Crippen MR) is 118 cm³/mol. The van der Waals surface area contributed by atoms with Crippen LogP contribution in [0.4, 0.5) is 13.2 Å². The van der Waals surface area contributed by atoms with Crippen LogP contribution < -0.4 is 4.72 Å². The van der Waals surface area contributed by atoms with Crippen LogP contribution in [0.15, 0.2) is 41.3 Å². The third-order valence-electron chi connectivity index (χ3n) is 4.94. The Morgan fingerprint density at radius 2 is 1.40 bits per heavy atom. The number of alkyl halides is 3. The fourth-order valence-electron chi connectivity index (χ4n) is 3.50. The van der Waals surface area contributed by atoms with E-state index in [1.807, 2.05) is 25.5 Å². The summed E-state index contributed by atoms with van der Waals surface area (Å²) in [6.07, 6.45) is -4.82. The molecule has 2 unspecified atom stereocenters. The number of sulfonamides is 1. The predicted octanol–water partition coefficient (Wildman–Crippen LogP) is 5.79. The third kappa shape index (κ3) is 5.59. The molecule has 0 fully saturated rings. The second-order valence-electron chi connectivity index (χ2n) is 8.69. The van der Waals surface area contributed by atoms with Crippen molar-refractivity contribution in [2.24, 2.45) is 0 Å². The second kappa shape index (κ2) is 8.55. The van der Waals surface area contributed by atoms with Crippen molar-refractivity contribution in [3.8, 4) is 0 Å². The Hall–Kier alpha value is -1.51.